The molecule has 34 heavy (non-hydrogen) atoms. The van der Waals surface area contributed by atoms with Crippen molar-refractivity contribution in [1.82, 2.24) is 4.57 Å². The van der Waals surface area contributed by atoms with E-state index >= 15 is 0 Å². The van der Waals surface area contributed by atoms with Crippen LogP contribution in [0.15, 0.2) is 65.7 Å². The van der Waals surface area contributed by atoms with E-state index in [0.29, 0.717) is 19.8 Å². The molecule has 6 heteroatoms. The first-order valence-corrected chi connectivity index (χ1v) is 11.4. The van der Waals surface area contributed by atoms with Gasteiger partial charge in [-0.05, 0) is 78.1 Å². The highest BCUT2D eigenvalue weighted by molar-refractivity contribution is 6.03. The predicted molar refractivity (Wildman–Crippen MR) is 130 cm³/mol. The standard InChI is InChI=1S/C28H23FN2O3/c29-22-5-7-23(8-6-22)31-25-14-21-16-30-15-20(21)13-24(25)26(27(31)18-9-11-34-12-10-18)17-1-3-19(4-2-17)28(32)33/h1-8,13-14,16,18H,9-12,15H2,(H,32,33)/i16D. The van der Waals surface area contributed by atoms with Crippen LogP contribution in [-0.2, 0) is 11.3 Å². The lowest BCUT2D eigenvalue weighted by Gasteiger charge is -2.26. The third-order valence-corrected chi connectivity index (χ3v) is 6.79. The van der Waals surface area contributed by atoms with Crippen LogP contribution in [0.4, 0.5) is 4.39 Å². The first-order chi connectivity index (χ1) is 17.0. The maximum absolute atomic E-state index is 13.9. The quantitative estimate of drug-likeness (QED) is 0.413. The van der Waals surface area contributed by atoms with E-state index in [1.807, 2.05) is 18.2 Å². The van der Waals surface area contributed by atoms with E-state index in [0.717, 1.165) is 57.4 Å². The Bertz CT molecular complexity index is 1480. The number of nitrogens with zero attached hydrogens (tertiary/aromatic N) is 2. The summed E-state index contributed by atoms with van der Waals surface area (Å²) in [5.74, 6) is -1.06. The van der Waals surface area contributed by atoms with Crippen LogP contribution < -0.4 is 0 Å². The number of rotatable bonds is 4. The number of hydrogen-bond acceptors (Lipinski definition) is 3. The molecule has 1 aromatic heterocycles. The largest absolute Gasteiger partial charge is 0.478 e. The van der Waals surface area contributed by atoms with Crippen LogP contribution >= 0.6 is 0 Å². The van der Waals surface area contributed by atoms with E-state index in [-0.39, 0.29) is 23.5 Å². The molecule has 0 saturated carbocycles. The second-order valence-electron chi connectivity index (χ2n) is 8.80. The molecular weight excluding hydrogens is 431 g/mol. The molecule has 0 unspecified atom stereocenters. The smallest absolute Gasteiger partial charge is 0.335 e. The molecule has 0 spiro atoms. The maximum Gasteiger partial charge on any atom is 0.335 e. The second kappa shape index (κ2) is 8.22. The summed E-state index contributed by atoms with van der Waals surface area (Å²) in [6.45, 7) is 1.79. The van der Waals surface area contributed by atoms with E-state index in [2.05, 4.69) is 15.6 Å². The first-order valence-electron chi connectivity index (χ1n) is 11.9. The van der Waals surface area contributed by atoms with Crippen LogP contribution in [0.5, 0.6) is 0 Å². The Hall–Kier alpha value is -3.77. The Balaban J connectivity index is 1.70. The summed E-state index contributed by atoms with van der Waals surface area (Å²) < 4.78 is 30.0. The van der Waals surface area contributed by atoms with Gasteiger partial charge in [0.1, 0.15) is 5.82 Å². The average molecular weight is 456 g/mol. The molecule has 2 aliphatic rings. The highest BCUT2D eigenvalue weighted by Gasteiger charge is 2.29. The van der Waals surface area contributed by atoms with Crippen molar-refractivity contribution in [1.29, 1.82) is 0 Å². The third kappa shape index (κ3) is 3.42. The zero-order chi connectivity index (χ0) is 24.1. The van der Waals surface area contributed by atoms with Crippen molar-refractivity contribution < 1.29 is 20.4 Å². The molecule has 5 nitrogen and oxygen atoms in total. The number of carboxylic acid groups (broad SMARTS) is 1. The fraction of sp³-hybridized carbons (Fsp3) is 0.214. The summed E-state index contributed by atoms with van der Waals surface area (Å²) in [5.41, 5.74) is 6.87. The van der Waals surface area contributed by atoms with Crippen LogP contribution in [-0.4, -0.2) is 35.0 Å². The normalized spacial score (nSPS) is 16.4. The molecule has 0 atom stereocenters. The van der Waals surface area contributed by atoms with Gasteiger partial charge in [0.25, 0.3) is 0 Å². The number of halogens is 1. The molecule has 0 amide bonds. The number of fused-ring (bicyclic) bond motifs is 2. The lowest BCUT2D eigenvalue weighted by molar-refractivity contribution is 0.0697. The van der Waals surface area contributed by atoms with Crippen molar-refractivity contribution >= 4 is 23.1 Å². The van der Waals surface area contributed by atoms with Gasteiger partial charge in [-0.3, -0.25) is 4.99 Å². The van der Waals surface area contributed by atoms with E-state index < -0.39 is 5.97 Å². The van der Waals surface area contributed by atoms with Gasteiger partial charge >= 0.3 is 5.97 Å². The van der Waals surface area contributed by atoms with Crippen LogP contribution in [0, 0.1) is 5.82 Å². The number of ether oxygens (including phenoxy) is 1. The minimum Gasteiger partial charge on any atom is -0.478 e. The zero-order valence-corrected chi connectivity index (χ0v) is 18.4. The Morgan fingerprint density at radius 2 is 1.82 bits per heavy atom. The van der Waals surface area contributed by atoms with Crippen LogP contribution in [0.1, 0.15) is 47.3 Å². The van der Waals surface area contributed by atoms with E-state index in [9.17, 15) is 14.3 Å². The Kier molecular flexibility index (Phi) is 4.76. The van der Waals surface area contributed by atoms with E-state index in [1.54, 1.807) is 24.3 Å². The fourth-order valence-corrected chi connectivity index (χ4v) is 5.15. The fourth-order valence-electron chi connectivity index (χ4n) is 5.15. The lowest BCUT2D eigenvalue weighted by Crippen LogP contribution is -2.17. The second-order valence-corrected chi connectivity index (χ2v) is 8.80. The van der Waals surface area contributed by atoms with Crippen LogP contribution in [0.3, 0.4) is 0 Å². The van der Waals surface area contributed by atoms with Crippen LogP contribution in [0.25, 0.3) is 27.7 Å². The van der Waals surface area contributed by atoms with Crippen molar-refractivity contribution in [2.24, 2.45) is 4.99 Å². The summed E-state index contributed by atoms with van der Waals surface area (Å²) in [7, 11) is 0. The van der Waals surface area contributed by atoms with Crippen molar-refractivity contribution in [3.63, 3.8) is 0 Å². The number of hydrogen-bond donors (Lipinski definition) is 1. The summed E-state index contributed by atoms with van der Waals surface area (Å²) in [6.07, 6.45) is 1.97. The number of benzene rings is 3. The molecule has 170 valence electrons. The van der Waals surface area contributed by atoms with Gasteiger partial charge in [0, 0.05) is 47.7 Å². The SMILES string of the molecule is [2H]C1=NCc2cc3c(-c4ccc(C(=O)O)cc4)c(C4CCOCC4)n(-c4ccc(F)cc4)c3cc21. The van der Waals surface area contributed by atoms with Gasteiger partial charge in [-0.1, -0.05) is 12.1 Å². The number of carbonyl (C=O) groups is 1. The number of aromatic nitrogens is 1. The number of aromatic carboxylic acids is 1. The minimum absolute atomic E-state index is 0.203. The number of carboxylic acids is 1. The van der Waals surface area contributed by atoms with Gasteiger partial charge in [0.2, 0.25) is 0 Å². The van der Waals surface area contributed by atoms with Crippen LogP contribution in [0.2, 0.25) is 0 Å². The van der Waals surface area contributed by atoms with E-state index in [4.69, 9.17) is 6.11 Å². The van der Waals surface area contributed by atoms with Gasteiger partial charge in [-0.15, -0.1) is 0 Å². The maximum atomic E-state index is 13.9. The topological polar surface area (TPSA) is 63.8 Å². The summed E-state index contributed by atoms with van der Waals surface area (Å²) in [5, 5.41) is 10.4. The molecule has 4 aromatic rings. The molecule has 1 saturated heterocycles. The highest BCUT2D eigenvalue weighted by Crippen LogP contribution is 2.44. The van der Waals surface area contributed by atoms with Gasteiger partial charge in [-0.25, -0.2) is 9.18 Å². The number of aliphatic imine (C=N–C) groups is 1. The molecule has 1 fully saturated rings. The lowest BCUT2D eigenvalue weighted by atomic mass is 9.89. The van der Waals surface area contributed by atoms with E-state index in [1.165, 1.54) is 12.1 Å². The Morgan fingerprint density at radius 3 is 2.53 bits per heavy atom. The van der Waals surface area contributed by atoms with Crippen molar-refractivity contribution in [3.05, 3.63) is 88.9 Å². The van der Waals surface area contributed by atoms with Crippen molar-refractivity contribution in [2.45, 2.75) is 25.3 Å². The monoisotopic (exact) mass is 455 g/mol. The third-order valence-electron chi connectivity index (χ3n) is 6.79. The molecule has 0 bridgehead atoms. The summed E-state index contributed by atoms with van der Waals surface area (Å²) in [4.78, 5) is 15.8. The zero-order valence-electron chi connectivity index (χ0n) is 19.4. The molecule has 0 aliphatic carbocycles. The van der Waals surface area contributed by atoms with Crippen molar-refractivity contribution in [2.75, 3.05) is 13.2 Å². The molecule has 1 N–H and O–H groups in total. The first kappa shape index (κ1) is 19.7. The molecule has 2 aliphatic heterocycles. The average Bonchev–Trinajstić information content (AvgIpc) is 3.41. The summed E-state index contributed by atoms with van der Waals surface area (Å²) >= 11 is 0. The minimum atomic E-state index is -0.965. The molecule has 3 heterocycles. The molecular formula is C28H23FN2O3. The van der Waals surface area contributed by atoms with Gasteiger partial charge in [-0.2, -0.15) is 0 Å². The Morgan fingerprint density at radius 1 is 1.09 bits per heavy atom. The van der Waals surface area contributed by atoms with Gasteiger partial charge < -0.3 is 14.4 Å². The van der Waals surface area contributed by atoms with Crippen molar-refractivity contribution in [3.8, 4) is 16.8 Å². The molecule has 3 aromatic carbocycles. The highest BCUT2D eigenvalue weighted by atomic mass is 19.1. The summed E-state index contributed by atoms with van der Waals surface area (Å²) in [6, 6.07) is 17.6. The van der Waals surface area contributed by atoms with Gasteiger partial charge in [0.15, 0.2) is 0 Å². The van der Waals surface area contributed by atoms with Gasteiger partial charge in [0.05, 0.1) is 19.0 Å². The molecule has 0 radical (unpaired) electrons. The Labute approximate surface area is 197 Å². The predicted octanol–water partition coefficient (Wildman–Crippen LogP) is 5.96. The molecule has 6 rings (SSSR count).